The molecule has 1 saturated heterocycles. The number of rotatable bonds is 19. The van der Waals surface area contributed by atoms with Crippen molar-refractivity contribution in [2.45, 2.75) is 122 Å². The van der Waals surface area contributed by atoms with Crippen LogP contribution < -0.4 is 9.47 Å². The summed E-state index contributed by atoms with van der Waals surface area (Å²) < 4.78 is 39.6. The van der Waals surface area contributed by atoms with Gasteiger partial charge in [-0.25, -0.2) is 9.59 Å². The van der Waals surface area contributed by atoms with Crippen molar-refractivity contribution < 1.29 is 62.9 Å². The fraction of sp³-hybridized carbons (Fsp3) is 0.615. The number of benzene rings is 2. The highest BCUT2D eigenvalue weighted by molar-refractivity contribution is 5.90. The number of hydrogen-bond donors (Lipinski definition) is 3. The zero-order chi connectivity index (χ0) is 38.5. The number of aliphatic hydroxyl groups excluding tert-OH is 3. The van der Waals surface area contributed by atoms with Crippen molar-refractivity contribution in [2.75, 3.05) is 27.4 Å². The van der Waals surface area contributed by atoms with Gasteiger partial charge in [-0.2, -0.15) is 0 Å². The van der Waals surface area contributed by atoms with E-state index < -0.39 is 59.8 Å². The van der Waals surface area contributed by atoms with Gasteiger partial charge in [0, 0.05) is 38.7 Å². The highest BCUT2D eigenvalue weighted by Crippen LogP contribution is 2.33. The molecule has 1 heterocycles. The largest absolute Gasteiger partial charge is 0.497 e. The van der Waals surface area contributed by atoms with Crippen LogP contribution in [0.1, 0.15) is 100 Å². The molecule has 6 atom stereocenters. The first kappa shape index (κ1) is 42.7. The molecular formula is C39H56O13. The van der Waals surface area contributed by atoms with E-state index in [0.29, 0.717) is 29.0 Å². The van der Waals surface area contributed by atoms with Crippen LogP contribution >= 0.6 is 0 Å². The summed E-state index contributed by atoms with van der Waals surface area (Å²) in [4.78, 5) is 38.2. The Kier molecular flexibility index (Phi) is 16.3. The molecule has 1 aliphatic rings. The van der Waals surface area contributed by atoms with Crippen molar-refractivity contribution in [1.29, 1.82) is 0 Å². The fourth-order valence-corrected chi connectivity index (χ4v) is 5.90. The van der Waals surface area contributed by atoms with Gasteiger partial charge in [0.25, 0.3) is 0 Å². The lowest BCUT2D eigenvalue weighted by Gasteiger charge is -2.42. The van der Waals surface area contributed by atoms with Gasteiger partial charge < -0.3 is 48.5 Å². The molecule has 3 N–H and O–H groups in total. The van der Waals surface area contributed by atoms with Crippen LogP contribution in [0.2, 0.25) is 0 Å². The van der Waals surface area contributed by atoms with E-state index in [-0.39, 0.29) is 57.7 Å². The number of ether oxygens (including phenoxy) is 7. The summed E-state index contributed by atoms with van der Waals surface area (Å²) in [5.74, 6) is -1.36. The van der Waals surface area contributed by atoms with Crippen molar-refractivity contribution in [1.82, 2.24) is 0 Å². The first-order valence-electron chi connectivity index (χ1n) is 17.7. The van der Waals surface area contributed by atoms with Gasteiger partial charge in [-0.1, -0.05) is 0 Å². The fourth-order valence-electron chi connectivity index (χ4n) is 5.90. The average Bonchev–Trinajstić information content (AvgIpc) is 3.06. The SMILES string of the molecule is COc1ccc(C(=O)O[C@H](CCO)C[C@H](O)C[C@@H](O)C[C@H]2C[C@@H](C[C@H](CCOC(=O)C(C)(C)C)OC(=O)c3ccc(OC)cc3)OC(C)(C)O2)cc1. The zero-order valence-corrected chi connectivity index (χ0v) is 31.4. The smallest absolute Gasteiger partial charge is 0.338 e. The van der Waals surface area contributed by atoms with Gasteiger partial charge in [0.2, 0.25) is 0 Å². The lowest BCUT2D eigenvalue weighted by Crippen LogP contribution is -2.47. The molecule has 0 aliphatic carbocycles. The van der Waals surface area contributed by atoms with E-state index in [1.807, 2.05) is 0 Å². The van der Waals surface area contributed by atoms with Crippen LogP contribution in [0.5, 0.6) is 11.5 Å². The van der Waals surface area contributed by atoms with E-state index in [9.17, 15) is 29.7 Å². The summed E-state index contributed by atoms with van der Waals surface area (Å²) in [5.41, 5.74) is -0.0515. The molecule has 0 bridgehead atoms. The molecule has 290 valence electrons. The standard InChI is InChI=1S/C39H56O13/c1-38(2,3)37(45)48-19-17-32(50-36(44)26-10-14-30(47-7)15-11-26)23-34-24-33(51-39(4,5)52-34)22-28(42)20-27(41)21-31(16-18-40)49-35(43)25-8-12-29(46-6)13-9-25/h8-15,27-28,31-34,40-42H,16-24H2,1-7H3/t27-,28-,31-,32+,33+,34-/m1/s1. The molecule has 2 aromatic carbocycles. The third kappa shape index (κ3) is 14.3. The first-order valence-corrected chi connectivity index (χ1v) is 17.7. The Labute approximate surface area is 306 Å². The predicted molar refractivity (Wildman–Crippen MR) is 190 cm³/mol. The minimum absolute atomic E-state index is 0.0172. The number of carbonyl (C=O) groups excluding carboxylic acids is 3. The third-order valence-electron chi connectivity index (χ3n) is 8.50. The molecule has 0 amide bonds. The van der Waals surface area contributed by atoms with Gasteiger partial charge in [-0.05, 0) is 96.0 Å². The number of aliphatic hydroxyl groups is 3. The normalized spacial score (nSPS) is 19.4. The van der Waals surface area contributed by atoms with Crippen molar-refractivity contribution in [3.05, 3.63) is 59.7 Å². The molecule has 0 saturated carbocycles. The number of methoxy groups -OCH3 is 2. The topological polar surface area (TPSA) is 177 Å². The van der Waals surface area contributed by atoms with Crippen LogP contribution in [-0.4, -0.2) is 103 Å². The molecule has 0 spiro atoms. The van der Waals surface area contributed by atoms with E-state index in [4.69, 9.17) is 33.2 Å². The van der Waals surface area contributed by atoms with Crippen LogP contribution in [0, 0.1) is 5.41 Å². The van der Waals surface area contributed by atoms with Crippen LogP contribution in [0.25, 0.3) is 0 Å². The summed E-state index contributed by atoms with van der Waals surface area (Å²) in [6.07, 6.45) is -3.18. The Balaban J connectivity index is 1.61. The van der Waals surface area contributed by atoms with E-state index in [0.717, 1.165) is 0 Å². The van der Waals surface area contributed by atoms with Gasteiger partial charge in [0.05, 0.1) is 61.8 Å². The van der Waals surface area contributed by atoms with Crippen LogP contribution in [0.15, 0.2) is 48.5 Å². The van der Waals surface area contributed by atoms with Gasteiger partial charge in [0.1, 0.15) is 23.7 Å². The average molecular weight is 733 g/mol. The van der Waals surface area contributed by atoms with Crippen molar-refractivity contribution in [3.63, 3.8) is 0 Å². The first-order chi connectivity index (χ1) is 24.5. The van der Waals surface area contributed by atoms with Crippen LogP contribution in [0.4, 0.5) is 0 Å². The van der Waals surface area contributed by atoms with Gasteiger partial charge >= 0.3 is 17.9 Å². The highest BCUT2D eigenvalue weighted by atomic mass is 16.7. The molecule has 2 aromatic rings. The van der Waals surface area contributed by atoms with Crippen molar-refractivity contribution >= 4 is 17.9 Å². The lowest BCUT2D eigenvalue weighted by atomic mass is 9.95. The molecule has 1 aliphatic heterocycles. The third-order valence-corrected chi connectivity index (χ3v) is 8.50. The van der Waals surface area contributed by atoms with Crippen molar-refractivity contribution in [2.24, 2.45) is 5.41 Å². The number of esters is 3. The second-order valence-corrected chi connectivity index (χ2v) is 14.6. The van der Waals surface area contributed by atoms with Crippen molar-refractivity contribution in [3.8, 4) is 11.5 Å². The van der Waals surface area contributed by atoms with Crippen LogP contribution in [0.3, 0.4) is 0 Å². The molecule has 0 radical (unpaired) electrons. The summed E-state index contributed by atoms with van der Waals surface area (Å²) in [5, 5.41) is 31.4. The number of carbonyl (C=O) groups is 3. The minimum Gasteiger partial charge on any atom is -0.497 e. The maximum Gasteiger partial charge on any atom is 0.338 e. The molecule has 0 unspecified atom stereocenters. The monoisotopic (exact) mass is 732 g/mol. The van der Waals surface area contributed by atoms with Gasteiger partial charge in [-0.3, -0.25) is 4.79 Å². The van der Waals surface area contributed by atoms with E-state index in [1.54, 1.807) is 83.1 Å². The Morgan fingerprint density at radius 1 is 0.769 bits per heavy atom. The molecule has 3 rings (SSSR count). The quantitative estimate of drug-likeness (QED) is 0.130. The Morgan fingerprint density at radius 2 is 1.27 bits per heavy atom. The summed E-state index contributed by atoms with van der Waals surface area (Å²) >= 11 is 0. The molecule has 52 heavy (non-hydrogen) atoms. The summed E-state index contributed by atoms with van der Waals surface area (Å²) in [6, 6.07) is 12.9. The Bertz CT molecular complexity index is 1400. The van der Waals surface area contributed by atoms with Crippen LogP contribution in [-0.2, 0) is 28.5 Å². The second kappa shape index (κ2) is 19.9. The molecule has 1 fully saturated rings. The number of hydrogen-bond acceptors (Lipinski definition) is 13. The summed E-state index contributed by atoms with van der Waals surface area (Å²) in [7, 11) is 3.05. The van der Waals surface area contributed by atoms with Gasteiger partial charge in [0.15, 0.2) is 5.79 Å². The molecule has 13 heteroatoms. The van der Waals surface area contributed by atoms with Gasteiger partial charge in [-0.15, -0.1) is 0 Å². The molecule has 13 nitrogen and oxygen atoms in total. The maximum absolute atomic E-state index is 13.1. The second-order valence-electron chi connectivity index (χ2n) is 14.6. The predicted octanol–water partition coefficient (Wildman–Crippen LogP) is 5.01. The maximum atomic E-state index is 13.1. The molecular weight excluding hydrogens is 676 g/mol. The molecule has 0 aromatic heterocycles. The summed E-state index contributed by atoms with van der Waals surface area (Å²) in [6.45, 7) is 8.57. The van der Waals surface area contributed by atoms with E-state index in [1.165, 1.54) is 14.2 Å². The minimum atomic E-state index is -1.03. The Morgan fingerprint density at radius 3 is 1.75 bits per heavy atom. The van der Waals surface area contributed by atoms with E-state index >= 15 is 0 Å². The van der Waals surface area contributed by atoms with E-state index in [2.05, 4.69) is 0 Å². The zero-order valence-electron chi connectivity index (χ0n) is 31.4. The Hall–Kier alpha value is -3.75. The highest BCUT2D eigenvalue weighted by Gasteiger charge is 2.38. The lowest BCUT2D eigenvalue weighted by molar-refractivity contribution is -0.305.